The number of anilines is 1. The zero-order chi connectivity index (χ0) is 18.7. The quantitative estimate of drug-likeness (QED) is 0.346. The summed E-state index contributed by atoms with van der Waals surface area (Å²) in [6.45, 7) is 2.02. The molecule has 0 aliphatic carbocycles. The van der Waals surface area contributed by atoms with Crippen molar-refractivity contribution in [3.05, 3.63) is 84.8 Å². The molecule has 1 aromatic heterocycles. The molecule has 0 saturated heterocycles. The van der Waals surface area contributed by atoms with Crippen molar-refractivity contribution in [1.82, 2.24) is 0 Å². The van der Waals surface area contributed by atoms with Gasteiger partial charge >= 0.3 is 0 Å². The van der Waals surface area contributed by atoms with Gasteiger partial charge < -0.3 is 5.32 Å². The topological polar surface area (TPSA) is 46.2 Å². The maximum absolute atomic E-state index is 13.0. The van der Waals surface area contributed by atoms with E-state index in [1.54, 1.807) is 30.3 Å². The summed E-state index contributed by atoms with van der Waals surface area (Å²) in [7, 11) is 0. The van der Waals surface area contributed by atoms with Crippen LogP contribution in [0.3, 0.4) is 0 Å². The zero-order valence-corrected chi connectivity index (χ0v) is 17.6. The number of ketones is 1. The molecule has 0 saturated carbocycles. The van der Waals surface area contributed by atoms with Crippen molar-refractivity contribution in [1.29, 1.82) is 0 Å². The Hall–Kier alpha value is -1.70. The van der Waals surface area contributed by atoms with E-state index in [2.05, 4.69) is 27.9 Å². The van der Waals surface area contributed by atoms with Gasteiger partial charge in [0.25, 0.3) is 5.91 Å². The maximum atomic E-state index is 13.0. The third-order valence-corrected chi connectivity index (χ3v) is 6.31. The van der Waals surface area contributed by atoms with Crippen LogP contribution in [0.25, 0.3) is 0 Å². The number of thiophene rings is 1. The molecule has 0 radical (unpaired) electrons. The molecule has 0 unspecified atom stereocenters. The highest BCUT2D eigenvalue weighted by atomic mass is 127. The van der Waals surface area contributed by atoms with Gasteiger partial charge in [-0.2, -0.15) is 0 Å². The molecule has 0 fully saturated rings. The van der Waals surface area contributed by atoms with E-state index in [0.717, 1.165) is 14.9 Å². The van der Waals surface area contributed by atoms with Crippen LogP contribution in [0.5, 0.6) is 0 Å². The van der Waals surface area contributed by atoms with Crippen LogP contribution in [-0.4, -0.2) is 11.7 Å². The second-order valence-corrected chi connectivity index (χ2v) is 8.26. The average Bonchev–Trinajstić information content (AvgIpc) is 3.04. The molecule has 0 aliphatic heterocycles. The maximum Gasteiger partial charge on any atom is 0.257 e. The Bertz CT molecular complexity index is 983. The van der Waals surface area contributed by atoms with Crippen molar-refractivity contribution in [3.63, 3.8) is 0 Å². The highest BCUT2D eigenvalue weighted by Crippen LogP contribution is 2.32. The summed E-state index contributed by atoms with van der Waals surface area (Å²) < 4.78 is 0.855. The largest absolute Gasteiger partial charge is 0.313 e. The molecule has 0 atom stereocenters. The Labute approximate surface area is 174 Å². The summed E-state index contributed by atoms with van der Waals surface area (Å²) in [5, 5.41) is 3.86. The van der Waals surface area contributed by atoms with E-state index >= 15 is 0 Å². The number of hydrogen-bond donors (Lipinski definition) is 1. The second kappa shape index (κ2) is 8.33. The molecular formula is C20H15ClINO2S. The third-order valence-electron chi connectivity index (χ3n) is 3.84. The molecule has 3 aromatic rings. The molecule has 3 rings (SSSR count). The number of carbonyl (C=O) groups excluding carboxylic acids is 2. The van der Waals surface area contributed by atoms with E-state index in [9.17, 15) is 9.59 Å². The van der Waals surface area contributed by atoms with Gasteiger partial charge in [0.1, 0.15) is 5.00 Å². The monoisotopic (exact) mass is 495 g/mol. The second-order valence-electron chi connectivity index (χ2n) is 5.55. The van der Waals surface area contributed by atoms with Gasteiger partial charge in [0.05, 0.1) is 16.1 Å². The Kier molecular flexibility index (Phi) is 6.11. The van der Waals surface area contributed by atoms with Crippen LogP contribution in [0, 0.1) is 3.57 Å². The van der Waals surface area contributed by atoms with Gasteiger partial charge in [-0.15, -0.1) is 11.3 Å². The summed E-state index contributed by atoms with van der Waals surface area (Å²) in [6.07, 6.45) is 0.784. The Morgan fingerprint density at radius 2 is 1.69 bits per heavy atom. The van der Waals surface area contributed by atoms with E-state index in [0.29, 0.717) is 26.7 Å². The fourth-order valence-electron chi connectivity index (χ4n) is 2.48. The van der Waals surface area contributed by atoms with Crippen molar-refractivity contribution >= 4 is 62.2 Å². The molecule has 1 amide bonds. The average molecular weight is 496 g/mol. The van der Waals surface area contributed by atoms with E-state index < -0.39 is 0 Å². The first-order valence-electron chi connectivity index (χ1n) is 7.99. The molecule has 1 heterocycles. The van der Waals surface area contributed by atoms with Crippen LogP contribution in [0.2, 0.25) is 5.02 Å². The first-order valence-corrected chi connectivity index (χ1v) is 10.3. The summed E-state index contributed by atoms with van der Waals surface area (Å²) in [5.74, 6) is -0.419. The lowest BCUT2D eigenvalue weighted by Gasteiger charge is -2.08. The van der Waals surface area contributed by atoms with Crippen molar-refractivity contribution in [2.45, 2.75) is 13.3 Å². The summed E-state index contributed by atoms with van der Waals surface area (Å²) in [5.41, 5.74) is 1.48. The zero-order valence-electron chi connectivity index (χ0n) is 13.9. The molecule has 132 valence electrons. The standard InChI is InChI=1S/C20H15ClINO2S/c1-2-12-11-15(18(24)13-7-3-5-9-16(13)21)20(26-12)23-19(25)14-8-4-6-10-17(14)22/h3-11H,2H2,1H3,(H,23,25). The molecule has 3 nitrogen and oxygen atoms in total. The van der Waals surface area contributed by atoms with Crippen molar-refractivity contribution < 1.29 is 9.59 Å². The summed E-state index contributed by atoms with van der Waals surface area (Å²) in [6, 6.07) is 16.1. The van der Waals surface area contributed by atoms with Gasteiger partial charge in [0, 0.05) is 14.0 Å². The lowest BCUT2D eigenvalue weighted by atomic mass is 10.0. The minimum Gasteiger partial charge on any atom is -0.313 e. The Balaban J connectivity index is 1.97. The number of rotatable bonds is 5. The minimum atomic E-state index is -0.229. The number of nitrogens with one attached hydrogen (secondary N) is 1. The summed E-state index contributed by atoms with van der Waals surface area (Å²) >= 11 is 9.72. The molecular weight excluding hydrogens is 481 g/mol. The van der Waals surface area contributed by atoms with E-state index in [1.807, 2.05) is 31.2 Å². The molecule has 0 bridgehead atoms. The van der Waals surface area contributed by atoms with Crippen LogP contribution in [0.15, 0.2) is 54.6 Å². The highest BCUT2D eigenvalue weighted by Gasteiger charge is 2.21. The normalized spacial score (nSPS) is 10.6. The number of halogens is 2. The smallest absolute Gasteiger partial charge is 0.257 e. The van der Waals surface area contributed by atoms with E-state index in [-0.39, 0.29) is 11.7 Å². The SMILES string of the molecule is CCc1cc(C(=O)c2ccccc2Cl)c(NC(=O)c2ccccc2I)s1. The lowest BCUT2D eigenvalue weighted by Crippen LogP contribution is -2.14. The van der Waals surface area contributed by atoms with Crippen LogP contribution >= 0.6 is 45.5 Å². The molecule has 6 heteroatoms. The van der Waals surface area contributed by atoms with Crippen LogP contribution in [0.4, 0.5) is 5.00 Å². The van der Waals surface area contributed by atoms with Gasteiger partial charge in [-0.3, -0.25) is 9.59 Å². The summed E-state index contributed by atoms with van der Waals surface area (Å²) in [4.78, 5) is 26.7. The molecule has 1 N–H and O–H groups in total. The van der Waals surface area contributed by atoms with E-state index in [1.165, 1.54) is 11.3 Å². The predicted octanol–water partition coefficient (Wildman–Crippen LogP) is 6.05. The third kappa shape index (κ3) is 4.00. The fourth-order valence-corrected chi connectivity index (χ4v) is 4.33. The molecule has 0 aliphatic rings. The highest BCUT2D eigenvalue weighted by molar-refractivity contribution is 14.1. The van der Waals surface area contributed by atoms with Gasteiger partial charge in [-0.05, 0) is 59.3 Å². The minimum absolute atomic E-state index is 0.190. The number of amides is 1. The first kappa shape index (κ1) is 19.1. The Morgan fingerprint density at radius 3 is 2.35 bits per heavy atom. The predicted molar refractivity (Wildman–Crippen MR) is 116 cm³/mol. The number of aryl methyl sites for hydroxylation is 1. The van der Waals surface area contributed by atoms with Crippen LogP contribution in [-0.2, 0) is 6.42 Å². The van der Waals surface area contributed by atoms with Gasteiger partial charge in [0.2, 0.25) is 0 Å². The number of hydrogen-bond acceptors (Lipinski definition) is 3. The van der Waals surface area contributed by atoms with Gasteiger partial charge in [0.15, 0.2) is 5.78 Å². The van der Waals surface area contributed by atoms with Crippen molar-refractivity contribution in [2.75, 3.05) is 5.32 Å². The van der Waals surface area contributed by atoms with Crippen LogP contribution < -0.4 is 5.32 Å². The lowest BCUT2D eigenvalue weighted by molar-refractivity contribution is 0.102. The van der Waals surface area contributed by atoms with Crippen molar-refractivity contribution in [2.24, 2.45) is 0 Å². The molecule has 2 aromatic carbocycles. The fraction of sp³-hybridized carbons (Fsp3) is 0.100. The number of benzene rings is 2. The van der Waals surface area contributed by atoms with Crippen LogP contribution in [0.1, 0.15) is 38.1 Å². The van der Waals surface area contributed by atoms with Gasteiger partial charge in [-0.1, -0.05) is 42.8 Å². The first-order chi connectivity index (χ1) is 12.5. The van der Waals surface area contributed by atoms with Gasteiger partial charge in [-0.25, -0.2) is 0 Å². The van der Waals surface area contributed by atoms with E-state index in [4.69, 9.17) is 11.6 Å². The van der Waals surface area contributed by atoms with Crippen molar-refractivity contribution in [3.8, 4) is 0 Å². The number of carbonyl (C=O) groups is 2. The molecule has 0 spiro atoms. The molecule has 26 heavy (non-hydrogen) atoms. The Morgan fingerprint density at radius 1 is 1.04 bits per heavy atom.